The monoisotopic (exact) mass is 416 g/mol. The Labute approximate surface area is 176 Å². The maximum absolute atomic E-state index is 11.2. The molecule has 1 heterocycles. The molecule has 8 nitrogen and oxygen atoms in total. The Morgan fingerprint density at radius 2 is 1.83 bits per heavy atom. The van der Waals surface area contributed by atoms with Crippen LogP contribution in [0.15, 0.2) is 47.8 Å². The summed E-state index contributed by atoms with van der Waals surface area (Å²) < 4.78 is 16.2. The zero-order valence-electron chi connectivity index (χ0n) is 17.5. The van der Waals surface area contributed by atoms with Crippen LogP contribution in [0.3, 0.4) is 0 Å². The van der Waals surface area contributed by atoms with E-state index in [1.54, 1.807) is 31.3 Å². The summed E-state index contributed by atoms with van der Waals surface area (Å²) in [4.78, 5) is 20.7. The molecule has 2 aromatic rings. The molecule has 1 atom stereocenters. The highest BCUT2D eigenvalue weighted by atomic mass is 16.6. The number of oxime groups is 1. The maximum Gasteiger partial charge on any atom is 0.333 e. The molecule has 1 aromatic carbocycles. The minimum atomic E-state index is -0.966. The number of carboxylic acid groups (broad SMARTS) is 1. The number of carbonyl (C=O) groups is 1. The predicted octanol–water partition coefficient (Wildman–Crippen LogP) is 3.33. The maximum atomic E-state index is 11.2. The van der Waals surface area contributed by atoms with Gasteiger partial charge in [0, 0.05) is 30.9 Å². The number of nitrogens with zero attached hydrogens (tertiary/aromatic N) is 2. The van der Waals surface area contributed by atoms with Gasteiger partial charge in [-0.15, -0.1) is 0 Å². The first-order chi connectivity index (χ1) is 14.5. The minimum absolute atomic E-state index is 0.287. The van der Waals surface area contributed by atoms with Crippen molar-refractivity contribution in [2.24, 2.45) is 5.16 Å². The third-order valence-electron chi connectivity index (χ3n) is 4.08. The van der Waals surface area contributed by atoms with Crippen LogP contribution in [0.4, 0.5) is 0 Å². The van der Waals surface area contributed by atoms with Crippen molar-refractivity contribution in [1.82, 2.24) is 4.98 Å². The van der Waals surface area contributed by atoms with Crippen molar-refractivity contribution in [2.75, 3.05) is 26.4 Å². The third kappa shape index (κ3) is 7.71. The van der Waals surface area contributed by atoms with Gasteiger partial charge in [0.05, 0.1) is 12.3 Å². The average Bonchev–Trinajstić information content (AvgIpc) is 2.75. The Hall–Kier alpha value is -3.13. The first-order valence-electron chi connectivity index (χ1n) is 9.85. The van der Waals surface area contributed by atoms with Gasteiger partial charge in [-0.1, -0.05) is 17.3 Å². The fraction of sp³-hybridized carbons (Fsp3) is 0.409. The fourth-order valence-corrected chi connectivity index (χ4v) is 2.57. The number of ether oxygens (including phenoxy) is 3. The fourth-order valence-electron chi connectivity index (χ4n) is 2.57. The molecule has 0 bridgehead atoms. The molecule has 0 amide bonds. The lowest BCUT2D eigenvalue weighted by molar-refractivity contribution is -0.149. The van der Waals surface area contributed by atoms with Crippen LogP contribution in [0.2, 0.25) is 0 Å². The summed E-state index contributed by atoms with van der Waals surface area (Å²) in [7, 11) is 0. The van der Waals surface area contributed by atoms with Crippen molar-refractivity contribution >= 4 is 11.7 Å². The highest BCUT2D eigenvalue weighted by Gasteiger charge is 2.17. The molecule has 1 N–H and O–H groups in total. The van der Waals surface area contributed by atoms with E-state index < -0.39 is 12.1 Å². The van der Waals surface area contributed by atoms with Crippen LogP contribution in [0, 0.1) is 0 Å². The Kier molecular flexibility index (Phi) is 9.60. The molecule has 0 radical (unpaired) electrons. The number of hydrogen-bond donors (Lipinski definition) is 1. The van der Waals surface area contributed by atoms with E-state index >= 15 is 0 Å². The number of aliphatic carboxylic acids is 1. The molecule has 0 saturated carbocycles. The van der Waals surface area contributed by atoms with Crippen molar-refractivity contribution in [3.63, 3.8) is 0 Å². The lowest BCUT2D eigenvalue weighted by atomic mass is 10.1. The summed E-state index contributed by atoms with van der Waals surface area (Å²) in [6, 6.07) is 10.9. The van der Waals surface area contributed by atoms with E-state index in [0.29, 0.717) is 43.6 Å². The Bertz CT molecular complexity index is 805. The minimum Gasteiger partial charge on any atom is -0.490 e. The number of carboxylic acids is 1. The van der Waals surface area contributed by atoms with Crippen molar-refractivity contribution in [3.05, 3.63) is 53.7 Å². The summed E-state index contributed by atoms with van der Waals surface area (Å²) in [5.41, 5.74) is 2.42. The summed E-state index contributed by atoms with van der Waals surface area (Å²) in [6.07, 6.45) is 1.15. The number of rotatable bonds is 13. The van der Waals surface area contributed by atoms with Gasteiger partial charge >= 0.3 is 5.97 Å². The van der Waals surface area contributed by atoms with Gasteiger partial charge < -0.3 is 24.2 Å². The van der Waals surface area contributed by atoms with Gasteiger partial charge in [-0.2, -0.15) is 0 Å². The van der Waals surface area contributed by atoms with Crippen LogP contribution < -0.4 is 9.47 Å². The van der Waals surface area contributed by atoms with Gasteiger partial charge in [0.1, 0.15) is 12.4 Å². The van der Waals surface area contributed by atoms with Crippen LogP contribution in [-0.4, -0.2) is 54.3 Å². The van der Waals surface area contributed by atoms with E-state index in [9.17, 15) is 4.79 Å². The van der Waals surface area contributed by atoms with E-state index in [-0.39, 0.29) is 6.61 Å². The van der Waals surface area contributed by atoms with Crippen LogP contribution in [-0.2, 0) is 20.8 Å². The zero-order chi connectivity index (χ0) is 21.8. The molecule has 30 heavy (non-hydrogen) atoms. The molecule has 0 fully saturated rings. The molecule has 0 saturated heterocycles. The van der Waals surface area contributed by atoms with Gasteiger partial charge in [0.2, 0.25) is 5.88 Å². The van der Waals surface area contributed by atoms with E-state index in [1.807, 2.05) is 32.0 Å². The van der Waals surface area contributed by atoms with E-state index in [2.05, 4.69) is 10.1 Å². The molecule has 0 aliphatic carbocycles. The van der Waals surface area contributed by atoms with Crippen molar-refractivity contribution in [3.8, 4) is 11.6 Å². The average molecular weight is 416 g/mol. The molecule has 8 heteroatoms. The number of hydrogen-bond acceptors (Lipinski definition) is 7. The van der Waals surface area contributed by atoms with Gasteiger partial charge in [-0.25, -0.2) is 9.78 Å². The highest BCUT2D eigenvalue weighted by Crippen LogP contribution is 2.15. The second-order valence-corrected chi connectivity index (χ2v) is 6.31. The predicted molar refractivity (Wildman–Crippen MR) is 112 cm³/mol. The van der Waals surface area contributed by atoms with Gasteiger partial charge in [0.25, 0.3) is 0 Å². The SMILES string of the molecule is CCOc1ccc(C(C)=NOCCOc2ccc(CC(OCC)C(=O)O)cc2)cn1. The molecular weight excluding hydrogens is 388 g/mol. The van der Waals surface area contributed by atoms with Crippen LogP contribution in [0.1, 0.15) is 31.9 Å². The van der Waals surface area contributed by atoms with Crippen molar-refractivity contribution in [1.29, 1.82) is 0 Å². The van der Waals surface area contributed by atoms with Gasteiger partial charge in [0.15, 0.2) is 12.7 Å². The third-order valence-corrected chi connectivity index (χ3v) is 4.08. The largest absolute Gasteiger partial charge is 0.490 e. The molecule has 1 aromatic heterocycles. The quantitative estimate of drug-likeness (QED) is 0.304. The summed E-state index contributed by atoms with van der Waals surface area (Å²) in [6.45, 7) is 7.06. The standard InChI is InChI=1S/C22H28N2O6/c1-4-27-20(22(25)26)14-17-6-9-19(10-7-17)29-12-13-30-24-16(3)18-8-11-21(23-15-18)28-5-2/h6-11,15,20H,4-5,12-14H2,1-3H3,(H,25,26). The highest BCUT2D eigenvalue weighted by molar-refractivity contribution is 5.98. The second kappa shape index (κ2) is 12.4. The number of benzene rings is 1. The van der Waals surface area contributed by atoms with Crippen LogP contribution in [0.25, 0.3) is 0 Å². The Morgan fingerprint density at radius 3 is 2.43 bits per heavy atom. The van der Waals surface area contributed by atoms with Crippen LogP contribution >= 0.6 is 0 Å². The lowest BCUT2D eigenvalue weighted by Crippen LogP contribution is -2.26. The summed E-state index contributed by atoms with van der Waals surface area (Å²) in [5, 5.41) is 13.2. The Balaban J connectivity index is 1.74. The molecule has 1 unspecified atom stereocenters. The number of pyridine rings is 1. The normalized spacial score (nSPS) is 12.3. The lowest BCUT2D eigenvalue weighted by Gasteiger charge is -2.12. The Morgan fingerprint density at radius 1 is 1.07 bits per heavy atom. The van der Waals surface area contributed by atoms with E-state index in [1.165, 1.54) is 0 Å². The summed E-state index contributed by atoms with van der Waals surface area (Å²) >= 11 is 0. The van der Waals surface area contributed by atoms with Gasteiger partial charge in [-0.3, -0.25) is 0 Å². The first-order valence-corrected chi connectivity index (χ1v) is 9.85. The molecule has 0 spiro atoms. The molecular formula is C22H28N2O6. The van der Waals surface area contributed by atoms with E-state index in [0.717, 1.165) is 11.1 Å². The van der Waals surface area contributed by atoms with Gasteiger partial charge in [-0.05, 0) is 44.5 Å². The van der Waals surface area contributed by atoms with Crippen molar-refractivity contribution < 1.29 is 28.9 Å². The van der Waals surface area contributed by atoms with Crippen molar-refractivity contribution in [2.45, 2.75) is 33.3 Å². The molecule has 2 rings (SSSR count). The summed E-state index contributed by atoms with van der Waals surface area (Å²) in [5.74, 6) is 0.277. The van der Waals surface area contributed by atoms with Crippen LogP contribution in [0.5, 0.6) is 11.6 Å². The smallest absolute Gasteiger partial charge is 0.333 e. The molecule has 0 aliphatic rings. The zero-order valence-corrected chi connectivity index (χ0v) is 17.5. The first kappa shape index (κ1) is 23.2. The molecule has 162 valence electrons. The number of aromatic nitrogens is 1. The molecule has 0 aliphatic heterocycles. The van der Waals surface area contributed by atoms with E-state index in [4.69, 9.17) is 24.2 Å². The second-order valence-electron chi connectivity index (χ2n) is 6.31. The topological polar surface area (TPSA) is 99.5 Å².